The highest BCUT2D eigenvalue weighted by molar-refractivity contribution is 6.06. The number of nitrogens with one attached hydrogen (secondary N) is 3. The Labute approximate surface area is 301 Å². The van der Waals surface area contributed by atoms with Crippen molar-refractivity contribution in [1.29, 1.82) is 0 Å². The molecule has 1 unspecified atom stereocenters. The number of carbonyl (C=O) groups excluding carboxylic acids is 5. The molecule has 1 fully saturated rings. The van der Waals surface area contributed by atoms with Crippen LogP contribution in [0.25, 0.3) is 33.1 Å². The molecular weight excluding hydrogens is 692 g/mol. The molecule has 0 saturated heterocycles. The Kier molecular flexibility index (Phi) is 9.97. The average Bonchev–Trinajstić information content (AvgIpc) is 3.68. The molecule has 6 rings (SSSR count). The van der Waals surface area contributed by atoms with Crippen molar-refractivity contribution in [3.8, 4) is 11.1 Å². The van der Waals surface area contributed by atoms with Crippen LogP contribution in [0.4, 0.5) is 25.2 Å². The third kappa shape index (κ3) is 7.71. The van der Waals surface area contributed by atoms with Gasteiger partial charge >= 0.3 is 12.1 Å². The van der Waals surface area contributed by atoms with Crippen LogP contribution in [0.3, 0.4) is 0 Å². The van der Waals surface area contributed by atoms with E-state index in [2.05, 4.69) is 25.7 Å². The molecule has 1 aliphatic rings. The number of halogens is 2. The Morgan fingerprint density at radius 2 is 1.77 bits per heavy atom. The molecule has 0 bridgehead atoms. The van der Waals surface area contributed by atoms with Crippen LogP contribution < -0.4 is 16.4 Å². The van der Waals surface area contributed by atoms with E-state index in [1.54, 1.807) is 45.0 Å². The minimum absolute atomic E-state index is 0.00573. The Morgan fingerprint density at radius 1 is 1.02 bits per heavy atom. The van der Waals surface area contributed by atoms with Crippen molar-refractivity contribution in [2.24, 2.45) is 17.6 Å². The second kappa shape index (κ2) is 14.4. The number of ketones is 1. The van der Waals surface area contributed by atoms with Crippen LogP contribution in [0, 0.1) is 17.7 Å². The van der Waals surface area contributed by atoms with E-state index in [4.69, 9.17) is 15.2 Å². The number of para-hydroxylation sites is 1. The number of aromatic nitrogens is 4. The Hall–Kier alpha value is -6.19. The maximum absolute atomic E-state index is 16.3. The van der Waals surface area contributed by atoms with Gasteiger partial charge in [-0.05, 0) is 69.9 Å². The standard InChI is InChI=1S/C37H37F2N7O7/c1-37(2,3)53-36(51)44-35-42-26-15-18(14-24(30(26)43-35)34(50)52-4)20-9-7-10-25(29(20)39)41-33(49)23-16-19(38)12-13-21(23)28(47)17-46-27-11-6-5-8-22(27)31(45-46)32(40)48/h5-11,14-15,19,21,23H,12-13,16-17H2,1-4H3,(H2,40,48)(H,41,49)(H2,42,43,44,51)/t19-,21?,23+/m0/s1. The van der Waals surface area contributed by atoms with Gasteiger partial charge < -0.3 is 25.5 Å². The average molecular weight is 730 g/mol. The summed E-state index contributed by atoms with van der Waals surface area (Å²) in [7, 11) is 1.17. The van der Waals surface area contributed by atoms with Crippen LogP contribution in [-0.2, 0) is 25.6 Å². The van der Waals surface area contributed by atoms with Gasteiger partial charge in [0.25, 0.3) is 5.91 Å². The molecule has 1 aliphatic carbocycles. The van der Waals surface area contributed by atoms with Crippen LogP contribution in [0.15, 0.2) is 54.6 Å². The van der Waals surface area contributed by atoms with Crippen LogP contribution in [0.2, 0.25) is 0 Å². The molecule has 276 valence electrons. The number of anilines is 2. The monoisotopic (exact) mass is 729 g/mol. The number of benzene rings is 3. The molecule has 0 spiro atoms. The maximum atomic E-state index is 16.3. The van der Waals surface area contributed by atoms with Crippen molar-refractivity contribution >= 4 is 63.2 Å². The van der Waals surface area contributed by atoms with E-state index in [0.717, 1.165) is 0 Å². The Bertz CT molecular complexity index is 2280. The van der Waals surface area contributed by atoms with Crippen molar-refractivity contribution in [2.75, 3.05) is 17.7 Å². The van der Waals surface area contributed by atoms with Crippen LogP contribution in [-0.4, -0.2) is 68.3 Å². The number of H-pyrrole nitrogens is 1. The second-order valence-electron chi connectivity index (χ2n) is 13.8. The van der Waals surface area contributed by atoms with E-state index < -0.39 is 59.1 Å². The first-order valence-electron chi connectivity index (χ1n) is 16.8. The summed E-state index contributed by atoms with van der Waals surface area (Å²) < 4.78 is 42.5. The SMILES string of the molecule is COC(=O)c1cc(-c2cccc(NC(=O)[C@@H]3C[C@@H](F)CCC3C(=O)Cn3nc(C(N)=O)c4ccccc43)c2F)cc2[nH]c(NC(=O)OC(C)(C)C)nc12. The van der Waals surface area contributed by atoms with Crippen molar-refractivity contribution in [1.82, 2.24) is 19.7 Å². The van der Waals surface area contributed by atoms with Gasteiger partial charge in [-0.15, -0.1) is 0 Å². The molecule has 0 aliphatic heterocycles. The van der Waals surface area contributed by atoms with Gasteiger partial charge in [0.1, 0.15) is 23.8 Å². The number of nitrogens with two attached hydrogens (primary N) is 1. The number of imidazole rings is 1. The van der Waals surface area contributed by atoms with Crippen LogP contribution in [0.1, 0.15) is 60.9 Å². The van der Waals surface area contributed by atoms with E-state index in [1.165, 1.54) is 42.1 Å². The number of carbonyl (C=O) groups is 5. The topological polar surface area (TPSA) is 200 Å². The minimum Gasteiger partial charge on any atom is -0.465 e. The fourth-order valence-corrected chi connectivity index (χ4v) is 6.56. The maximum Gasteiger partial charge on any atom is 0.414 e. The number of primary amides is 1. The fraction of sp³-hybridized carbons (Fsp3) is 0.324. The summed E-state index contributed by atoms with van der Waals surface area (Å²) in [6.45, 7) is 4.78. The Balaban J connectivity index is 1.27. The molecule has 5 N–H and O–H groups in total. The molecule has 3 aromatic carbocycles. The lowest BCUT2D eigenvalue weighted by Gasteiger charge is -2.31. The zero-order chi connectivity index (χ0) is 38.2. The number of methoxy groups -OCH3 is 1. The lowest BCUT2D eigenvalue weighted by atomic mass is 9.75. The fourth-order valence-electron chi connectivity index (χ4n) is 6.56. The number of hydrogen-bond acceptors (Lipinski definition) is 9. The van der Waals surface area contributed by atoms with Gasteiger partial charge in [0.15, 0.2) is 17.3 Å². The number of hydrogen-bond donors (Lipinski definition) is 4. The lowest BCUT2D eigenvalue weighted by Crippen LogP contribution is -2.40. The van der Waals surface area contributed by atoms with E-state index >= 15 is 4.39 Å². The summed E-state index contributed by atoms with van der Waals surface area (Å²) in [4.78, 5) is 71.7. The molecular formula is C37H37F2N7O7. The minimum atomic E-state index is -1.36. The van der Waals surface area contributed by atoms with Crippen molar-refractivity contribution in [3.05, 3.63) is 71.7 Å². The molecule has 16 heteroatoms. The van der Waals surface area contributed by atoms with E-state index in [9.17, 15) is 28.4 Å². The van der Waals surface area contributed by atoms with Gasteiger partial charge in [0.2, 0.25) is 11.9 Å². The predicted molar refractivity (Wildman–Crippen MR) is 190 cm³/mol. The molecule has 5 aromatic rings. The quantitative estimate of drug-likeness (QED) is 0.133. The van der Waals surface area contributed by atoms with Crippen LogP contribution >= 0.6 is 0 Å². The smallest absolute Gasteiger partial charge is 0.414 e. The lowest BCUT2D eigenvalue weighted by molar-refractivity contribution is -0.134. The molecule has 0 radical (unpaired) electrons. The molecule has 14 nitrogen and oxygen atoms in total. The first kappa shape index (κ1) is 36.6. The molecule has 2 aromatic heterocycles. The summed E-state index contributed by atoms with van der Waals surface area (Å²) in [6.07, 6.45) is -2.27. The number of ether oxygens (including phenoxy) is 2. The summed E-state index contributed by atoms with van der Waals surface area (Å²) in [5, 5.41) is 9.72. The number of alkyl halides is 1. The Morgan fingerprint density at radius 3 is 2.49 bits per heavy atom. The molecule has 53 heavy (non-hydrogen) atoms. The second-order valence-corrected chi connectivity index (χ2v) is 13.8. The zero-order valence-corrected chi connectivity index (χ0v) is 29.3. The summed E-state index contributed by atoms with van der Waals surface area (Å²) in [6, 6.07) is 13.9. The molecule has 2 heterocycles. The number of aromatic amines is 1. The third-order valence-corrected chi connectivity index (χ3v) is 8.91. The van der Waals surface area contributed by atoms with E-state index in [-0.39, 0.29) is 70.9 Å². The highest BCUT2D eigenvalue weighted by atomic mass is 19.1. The number of nitrogens with zero attached hydrogens (tertiary/aromatic N) is 3. The van der Waals surface area contributed by atoms with Gasteiger partial charge in [-0.3, -0.25) is 24.4 Å². The number of fused-ring (bicyclic) bond motifs is 2. The highest BCUT2D eigenvalue weighted by Gasteiger charge is 2.40. The first-order valence-corrected chi connectivity index (χ1v) is 16.8. The van der Waals surface area contributed by atoms with Crippen molar-refractivity contribution < 1.29 is 42.2 Å². The van der Waals surface area contributed by atoms with Gasteiger partial charge in [-0.25, -0.2) is 23.4 Å². The van der Waals surface area contributed by atoms with E-state index in [1.807, 2.05) is 0 Å². The summed E-state index contributed by atoms with van der Waals surface area (Å²) >= 11 is 0. The van der Waals surface area contributed by atoms with Gasteiger partial charge in [0, 0.05) is 16.9 Å². The van der Waals surface area contributed by atoms with E-state index in [0.29, 0.717) is 10.9 Å². The zero-order valence-electron chi connectivity index (χ0n) is 29.3. The van der Waals surface area contributed by atoms with Crippen LogP contribution in [0.5, 0.6) is 0 Å². The molecule has 1 saturated carbocycles. The summed E-state index contributed by atoms with van der Waals surface area (Å²) in [5.41, 5.74) is 5.51. The van der Waals surface area contributed by atoms with Gasteiger partial charge in [-0.1, -0.05) is 30.3 Å². The van der Waals surface area contributed by atoms with Gasteiger partial charge in [-0.2, -0.15) is 5.10 Å². The van der Waals surface area contributed by atoms with Gasteiger partial charge in [0.05, 0.1) is 35.3 Å². The third-order valence-electron chi connectivity index (χ3n) is 8.91. The normalized spacial score (nSPS) is 17.4. The number of esters is 1. The first-order chi connectivity index (χ1) is 25.1. The predicted octanol–water partition coefficient (Wildman–Crippen LogP) is 5.91. The molecule has 3 atom stereocenters. The number of rotatable bonds is 9. The number of amides is 3. The largest absolute Gasteiger partial charge is 0.465 e. The number of Topliss-reactive ketones (excluding diaryl/α,β-unsaturated/α-hetero) is 1. The van der Waals surface area contributed by atoms with Crippen molar-refractivity contribution in [3.63, 3.8) is 0 Å². The highest BCUT2D eigenvalue weighted by Crippen LogP contribution is 2.36. The molecule has 3 amide bonds. The summed E-state index contributed by atoms with van der Waals surface area (Å²) in [5.74, 6) is -5.63. The van der Waals surface area contributed by atoms with Crippen molar-refractivity contribution in [2.45, 2.75) is 58.4 Å².